The summed E-state index contributed by atoms with van der Waals surface area (Å²) in [5.41, 5.74) is 0. The van der Waals surface area contributed by atoms with E-state index in [4.69, 9.17) is 4.99 Å². The summed E-state index contributed by atoms with van der Waals surface area (Å²) in [5.74, 6) is 2.62. The molecule has 1 fully saturated rings. The Hall–Kier alpha value is -1.93. The minimum atomic E-state index is 0.517. The standard InChI is InChI=1S/C20H33N7S/c1-17-24-25-19(26(17)2)16-23-20(22-15-18-9-7-14-28-18)21-10-8-13-27-11-5-3-4-6-12-27/h7,9,14H,3-6,8,10-13,15-16H2,1-2H3,(H2,21,22,23). The number of hydrogen-bond acceptors (Lipinski definition) is 5. The molecule has 0 saturated carbocycles. The molecule has 0 bridgehead atoms. The Morgan fingerprint density at radius 1 is 1.18 bits per heavy atom. The van der Waals surface area contributed by atoms with Gasteiger partial charge in [0, 0.05) is 18.5 Å². The quantitative estimate of drug-likeness (QED) is 0.403. The van der Waals surface area contributed by atoms with E-state index >= 15 is 0 Å². The molecule has 0 amide bonds. The van der Waals surface area contributed by atoms with Crippen LogP contribution in [0.3, 0.4) is 0 Å². The van der Waals surface area contributed by atoms with Crippen LogP contribution in [0.2, 0.25) is 0 Å². The minimum absolute atomic E-state index is 0.517. The Morgan fingerprint density at radius 2 is 2.00 bits per heavy atom. The summed E-state index contributed by atoms with van der Waals surface area (Å²) in [6.07, 6.45) is 6.60. The van der Waals surface area contributed by atoms with Crippen molar-refractivity contribution in [2.45, 2.75) is 52.1 Å². The van der Waals surface area contributed by atoms with Gasteiger partial charge in [0.25, 0.3) is 0 Å². The van der Waals surface area contributed by atoms with Crippen molar-refractivity contribution in [1.82, 2.24) is 30.3 Å². The van der Waals surface area contributed by atoms with Gasteiger partial charge in [-0.1, -0.05) is 18.9 Å². The fourth-order valence-electron chi connectivity index (χ4n) is 3.37. The van der Waals surface area contributed by atoms with E-state index in [9.17, 15) is 0 Å². The first-order valence-corrected chi connectivity index (χ1v) is 11.2. The van der Waals surface area contributed by atoms with Crippen molar-refractivity contribution in [1.29, 1.82) is 0 Å². The van der Waals surface area contributed by atoms with E-state index in [1.54, 1.807) is 11.3 Å². The maximum absolute atomic E-state index is 4.73. The Balaban J connectivity index is 1.49. The van der Waals surface area contributed by atoms with E-state index < -0.39 is 0 Å². The molecular formula is C20H33N7S. The second-order valence-corrected chi connectivity index (χ2v) is 8.39. The lowest BCUT2D eigenvalue weighted by atomic mass is 10.2. The number of aromatic nitrogens is 3. The van der Waals surface area contributed by atoms with Crippen LogP contribution < -0.4 is 10.6 Å². The molecule has 154 valence electrons. The number of rotatable bonds is 8. The SMILES string of the molecule is Cc1nnc(CN=C(NCCCN2CCCCCC2)NCc2cccs2)n1C. The molecule has 1 saturated heterocycles. The van der Waals surface area contributed by atoms with E-state index in [0.29, 0.717) is 6.54 Å². The van der Waals surface area contributed by atoms with Crippen molar-refractivity contribution in [3.8, 4) is 0 Å². The van der Waals surface area contributed by atoms with Gasteiger partial charge in [-0.15, -0.1) is 21.5 Å². The largest absolute Gasteiger partial charge is 0.356 e. The molecular weight excluding hydrogens is 370 g/mol. The van der Waals surface area contributed by atoms with Gasteiger partial charge in [0.15, 0.2) is 11.8 Å². The molecule has 0 aromatic carbocycles. The first-order chi connectivity index (χ1) is 13.7. The average molecular weight is 404 g/mol. The molecule has 0 aliphatic carbocycles. The number of aliphatic imine (C=N–C) groups is 1. The van der Waals surface area contributed by atoms with Gasteiger partial charge in [-0.3, -0.25) is 0 Å². The summed E-state index contributed by atoms with van der Waals surface area (Å²) < 4.78 is 1.99. The lowest BCUT2D eigenvalue weighted by Crippen LogP contribution is -2.38. The van der Waals surface area contributed by atoms with Gasteiger partial charge in [0.05, 0.1) is 6.54 Å². The van der Waals surface area contributed by atoms with Crippen LogP contribution in [0.4, 0.5) is 0 Å². The Bertz CT molecular complexity index is 715. The van der Waals surface area contributed by atoms with E-state index in [1.165, 1.54) is 43.6 Å². The summed E-state index contributed by atoms with van der Waals surface area (Å²) in [5, 5.41) is 17.4. The van der Waals surface area contributed by atoms with Crippen LogP contribution in [0.1, 0.15) is 48.6 Å². The zero-order valence-electron chi connectivity index (χ0n) is 17.2. The second kappa shape index (κ2) is 11.2. The number of nitrogens with zero attached hydrogens (tertiary/aromatic N) is 5. The van der Waals surface area contributed by atoms with E-state index in [1.807, 2.05) is 18.5 Å². The van der Waals surface area contributed by atoms with E-state index in [-0.39, 0.29) is 0 Å². The Kier molecular flexibility index (Phi) is 8.29. The smallest absolute Gasteiger partial charge is 0.192 e. The number of likely N-dealkylation sites (tertiary alicyclic amines) is 1. The Labute approximate surface area is 172 Å². The molecule has 3 heterocycles. The van der Waals surface area contributed by atoms with Gasteiger partial charge in [-0.25, -0.2) is 4.99 Å². The van der Waals surface area contributed by atoms with Crippen LogP contribution in [-0.2, 0) is 20.1 Å². The number of aryl methyl sites for hydroxylation is 1. The van der Waals surface area contributed by atoms with E-state index in [0.717, 1.165) is 43.7 Å². The highest BCUT2D eigenvalue weighted by molar-refractivity contribution is 7.09. The van der Waals surface area contributed by atoms with Crippen molar-refractivity contribution in [3.63, 3.8) is 0 Å². The third-order valence-corrected chi connectivity index (χ3v) is 6.09. The number of guanidine groups is 1. The molecule has 1 aliphatic rings. The second-order valence-electron chi connectivity index (χ2n) is 7.36. The summed E-state index contributed by atoms with van der Waals surface area (Å²) in [4.78, 5) is 8.63. The molecule has 2 N–H and O–H groups in total. The van der Waals surface area contributed by atoms with Gasteiger partial charge in [-0.2, -0.15) is 0 Å². The summed E-state index contributed by atoms with van der Waals surface area (Å²) in [7, 11) is 1.98. The van der Waals surface area contributed by atoms with Gasteiger partial charge < -0.3 is 20.1 Å². The highest BCUT2D eigenvalue weighted by atomic mass is 32.1. The molecule has 0 radical (unpaired) electrons. The number of thiophene rings is 1. The van der Waals surface area contributed by atoms with Crippen molar-refractivity contribution in [3.05, 3.63) is 34.0 Å². The molecule has 8 heteroatoms. The van der Waals surface area contributed by atoms with Gasteiger partial charge in [0.1, 0.15) is 12.4 Å². The van der Waals surface area contributed by atoms with Crippen molar-refractivity contribution < 1.29 is 0 Å². The Morgan fingerprint density at radius 3 is 2.68 bits per heavy atom. The molecule has 0 spiro atoms. The highest BCUT2D eigenvalue weighted by Gasteiger charge is 2.09. The minimum Gasteiger partial charge on any atom is -0.356 e. The molecule has 2 aromatic rings. The predicted molar refractivity (Wildman–Crippen MR) is 116 cm³/mol. The van der Waals surface area contributed by atoms with Gasteiger partial charge in [0.2, 0.25) is 0 Å². The maximum Gasteiger partial charge on any atom is 0.192 e. The predicted octanol–water partition coefficient (Wildman–Crippen LogP) is 2.69. The molecule has 0 atom stereocenters. The zero-order valence-corrected chi connectivity index (χ0v) is 18.0. The van der Waals surface area contributed by atoms with Crippen LogP contribution in [0.15, 0.2) is 22.5 Å². The van der Waals surface area contributed by atoms with Crippen LogP contribution >= 0.6 is 11.3 Å². The third kappa shape index (κ3) is 6.60. The lowest BCUT2D eigenvalue weighted by molar-refractivity contribution is 0.282. The molecule has 2 aromatic heterocycles. The summed E-state index contributed by atoms with van der Waals surface area (Å²) in [6.45, 7) is 7.85. The zero-order chi connectivity index (χ0) is 19.6. The van der Waals surface area contributed by atoms with Crippen molar-refractivity contribution in [2.24, 2.45) is 12.0 Å². The van der Waals surface area contributed by atoms with Crippen LogP contribution in [0, 0.1) is 6.92 Å². The average Bonchev–Trinajstić information content (AvgIpc) is 3.24. The highest BCUT2D eigenvalue weighted by Crippen LogP contribution is 2.10. The van der Waals surface area contributed by atoms with Crippen LogP contribution in [0.25, 0.3) is 0 Å². The van der Waals surface area contributed by atoms with Crippen molar-refractivity contribution in [2.75, 3.05) is 26.2 Å². The van der Waals surface area contributed by atoms with Crippen LogP contribution in [0.5, 0.6) is 0 Å². The molecule has 28 heavy (non-hydrogen) atoms. The molecule has 3 rings (SSSR count). The fourth-order valence-corrected chi connectivity index (χ4v) is 4.01. The molecule has 0 unspecified atom stereocenters. The third-order valence-electron chi connectivity index (χ3n) is 5.21. The monoisotopic (exact) mass is 403 g/mol. The number of hydrogen-bond donors (Lipinski definition) is 2. The van der Waals surface area contributed by atoms with Gasteiger partial charge >= 0.3 is 0 Å². The fraction of sp³-hybridized carbons (Fsp3) is 0.650. The molecule has 7 nitrogen and oxygen atoms in total. The normalized spacial score (nSPS) is 16.1. The lowest BCUT2D eigenvalue weighted by Gasteiger charge is -2.20. The van der Waals surface area contributed by atoms with Gasteiger partial charge in [-0.05, 0) is 57.3 Å². The van der Waals surface area contributed by atoms with E-state index in [2.05, 4.69) is 43.2 Å². The first kappa shape index (κ1) is 20.8. The van der Waals surface area contributed by atoms with Crippen molar-refractivity contribution >= 4 is 17.3 Å². The first-order valence-electron chi connectivity index (χ1n) is 10.3. The summed E-state index contributed by atoms with van der Waals surface area (Å²) >= 11 is 1.76. The van der Waals surface area contributed by atoms with Crippen LogP contribution in [-0.4, -0.2) is 51.8 Å². The summed E-state index contributed by atoms with van der Waals surface area (Å²) in [6, 6.07) is 4.22. The molecule has 1 aliphatic heterocycles. The number of nitrogens with one attached hydrogen (secondary N) is 2. The topological polar surface area (TPSA) is 70.4 Å². The maximum atomic E-state index is 4.73.